The van der Waals surface area contributed by atoms with Gasteiger partial charge >= 0.3 is 0 Å². The molecule has 0 bridgehead atoms. The maximum atomic E-state index is 12.1. The molecule has 1 amide bonds. The normalized spacial score (nSPS) is 17.1. The Hall–Kier alpha value is -2.05. The molecule has 0 unspecified atom stereocenters. The van der Waals surface area contributed by atoms with Crippen LogP contribution in [0.5, 0.6) is 5.75 Å². The van der Waals surface area contributed by atoms with E-state index in [1.807, 2.05) is 12.1 Å². The third-order valence-corrected chi connectivity index (χ3v) is 4.88. The van der Waals surface area contributed by atoms with Crippen molar-refractivity contribution in [2.45, 2.75) is 18.9 Å². The van der Waals surface area contributed by atoms with Crippen molar-refractivity contribution in [1.82, 2.24) is 10.3 Å². The number of anilines is 1. The second-order valence-electron chi connectivity index (χ2n) is 5.18. The zero-order valence-electron chi connectivity index (χ0n) is 12.3. The van der Waals surface area contributed by atoms with Gasteiger partial charge in [0.2, 0.25) is 5.91 Å². The van der Waals surface area contributed by atoms with E-state index in [4.69, 9.17) is 22.1 Å². The van der Waals surface area contributed by atoms with Crippen LogP contribution in [0.15, 0.2) is 30.9 Å². The Bertz CT molecular complexity index is 760. The Morgan fingerprint density at radius 3 is 3.17 bits per heavy atom. The van der Waals surface area contributed by atoms with Crippen molar-refractivity contribution >= 4 is 34.0 Å². The number of thiazole rings is 1. The van der Waals surface area contributed by atoms with Crippen LogP contribution in [-0.2, 0) is 11.3 Å². The average molecular weight is 350 g/mol. The van der Waals surface area contributed by atoms with Crippen LogP contribution < -0.4 is 15.8 Å². The standard InChI is InChI=1S/C16H16ClN3O2S/c1-2-5-22-13-4-3-9(17)6-10(13)11-7-14(21)19-8-12-15(11)23-16(18)20-12/h2-4,6,11H,1,5,7-8H2,(H2,18,20)(H,19,21)/t11-/m0/s1. The topological polar surface area (TPSA) is 77.2 Å². The molecule has 0 spiro atoms. The first kappa shape index (κ1) is 15.8. The largest absolute Gasteiger partial charge is 0.489 e. The molecule has 0 radical (unpaired) electrons. The molecule has 5 nitrogen and oxygen atoms in total. The molecule has 7 heteroatoms. The number of nitrogens with zero attached hydrogens (tertiary/aromatic N) is 1. The minimum absolute atomic E-state index is 0.0339. The quantitative estimate of drug-likeness (QED) is 0.831. The summed E-state index contributed by atoms with van der Waals surface area (Å²) in [5.74, 6) is 0.473. The fraction of sp³-hybridized carbons (Fsp3) is 0.250. The van der Waals surface area contributed by atoms with Gasteiger partial charge in [-0.2, -0.15) is 0 Å². The molecule has 3 N–H and O–H groups in total. The number of nitrogen functional groups attached to an aromatic ring is 1. The fourth-order valence-corrected chi connectivity index (χ4v) is 3.79. The van der Waals surface area contributed by atoms with Crippen molar-refractivity contribution in [3.05, 3.63) is 52.0 Å². The maximum Gasteiger partial charge on any atom is 0.221 e. The first-order valence-corrected chi connectivity index (χ1v) is 8.33. The zero-order chi connectivity index (χ0) is 16.4. The Morgan fingerprint density at radius 2 is 2.39 bits per heavy atom. The molecule has 23 heavy (non-hydrogen) atoms. The Balaban J connectivity index is 2.09. The van der Waals surface area contributed by atoms with Crippen molar-refractivity contribution in [1.29, 1.82) is 0 Å². The molecule has 3 rings (SSSR count). The number of carbonyl (C=O) groups is 1. The number of benzene rings is 1. The number of aromatic nitrogens is 1. The molecule has 0 fully saturated rings. The maximum absolute atomic E-state index is 12.1. The average Bonchev–Trinajstić information content (AvgIpc) is 2.83. The molecule has 0 aliphatic carbocycles. The van der Waals surface area contributed by atoms with E-state index in [-0.39, 0.29) is 11.8 Å². The lowest BCUT2D eigenvalue weighted by molar-refractivity contribution is -0.121. The highest BCUT2D eigenvalue weighted by Crippen LogP contribution is 2.41. The van der Waals surface area contributed by atoms with Crippen LogP contribution in [-0.4, -0.2) is 17.5 Å². The van der Waals surface area contributed by atoms with Crippen molar-refractivity contribution in [2.24, 2.45) is 0 Å². The second-order valence-corrected chi connectivity index (χ2v) is 6.68. The van der Waals surface area contributed by atoms with Gasteiger partial charge in [-0.25, -0.2) is 4.98 Å². The SMILES string of the molecule is C=CCOc1ccc(Cl)cc1[C@@H]1CC(=O)NCc2nc(N)sc21. The number of hydrogen-bond donors (Lipinski definition) is 2. The minimum Gasteiger partial charge on any atom is -0.489 e. The number of carbonyl (C=O) groups excluding carboxylic acids is 1. The molecule has 0 saturated heterocycles. The Morgan fingerprint density at radius 1 is 1.57 bits per heavy atom. The smallest absolute Gasteiger partial charge is 0.221 e. The number of fused-ring (bicyclic) bond motifs is 1. The van der Waals surface area contributed by atoms with Crippen LogP contribution in [0.25, 0.3) is 0 Å². The highest BCUT2D eigenvalue weighted by molar-refractivity contribution is 7.15. The van der Waals surface area contributed by atoms with Crippen LogP contribution in [0.4, 0.5) is 5.13 Å². The Labute approximate surface area is 143 Å². The lowest BCUT2D eigenvalue weighted by Gasteiger charge is -2.18. The van der Waals surface area contributed by atoms with Crippen LogP contribution in [0.3, 0.4) is 0 Å². The first-order valence-electron chi connectivity index (χ1n) is 7.13. The molecular formula is C16H16ClN3O2S. The van der Waals surface area contributed by atoms with Gasteiger partial charge in [-0.3, -0.25) is 4.79 Å². The number of ether oxygens (including phenoxy) is 1. The highest BCUT2D eigenvalue weighted by Gasteiger charge is 2.29. The van der Waals surface area contributed by atoms with Crippen molar-refractivity contribution in [2.75, 3.05) is 12.3 Å². The second kappa shape index (κ2) is 6.60. The van der Waals surface area contributed by atoms with Crippen LogP contribution in [0, 0.1) is 0 Å². The summed E-state index contributed by atoms with van der Waals surface area (Å²) in [6, 6.07) is 5.42. The van der Waals surface area contributed by atoms with E-state index >= 15 is 0 Å². The number of nitrogens with two attached hydrogens (primary N) is 1. The predicted molar refractivity (Wildman–Crippen MR) is 92.0 cm³/mol. The predicted octanol–water partition coefficient (Wildman–Crippen LogP) is 3.10. The minimum atomic E-state index is -0.180. The molecule has 1 aromatic heterocycles. The third kappa shape index (κ3) is 3.33. The van der Waals surface area contributed by atoms with E-state index < -0.39 is 0 Å². The summed E-state index contributed by atoms with van der Waals surface area (Å²) in [7, 11) is 0. The van der Waals surface area contributed by atoms with Crippen LogP contribution >= 0.6 is 22.9 Å². The number of halogens is 1. The molecule has 120 valence electrons. The molecule has 1 atom stereocenters. The monoisotopic (exact) mass is 349 g/mol. The van der Waals surface area contributed by atoms with E-state index in [0.29, 0.717) is 35.5 Å². The van der Waals surface area contributed by atoms with E-state index in [1.165, 1.54) is 11.3 Å². The highest BCUT2D eigenvalue weighted by atomic mass is 35.5. The van der Waals surface area contributed by atoms with Gasteiger partial charge in [-0.05, 0) is 18.2 Å². The van der Waals surface area contributed by atoms with E-state index in [2.05, 4.69) is 16.9 Å². The summed E-state index contributed by atoms with van der Waals surface area (Å²) in [4.78, 5) is 17.4. The number of amides is 1. The lowest BCUT2D eigenvalue weighted by Crippen LogP contribution is -2.21. The Kier molecular flexibility index (Phi) is 4.54. The fourth-order valence-electron chi connectivity index (χ4n) is 2.64. The molecular weight excluding hydrogens is 334 g/mol. The summed E-state index contributed by atoms with van der Waals surface area (Å²) in [6.07, 6.45) is 1.98. The van der Waals surface area contributed by atoms with Gasteiger partial charge in [0.25, 0.3) is 0 Å². The summed E-state index contributed by atoms with van der Waals surface area (Å²) >= 11 is 7.57. The summed E-state index contributed by atoms with van der Waals surface area (Å²) in [6.45, 7) is 4.43. The van der Waals surface area contributed by atoms with Crippen molar-refractivity contribution in [3.63, 3.8) is 0 Å². The van der Waals surface area contributed by atoms with Crippen molar-refractivity contribution in [3.8, 4) is 5.75 Å². The zero-order valence-corrected chi connectivity index (χ0v) is 13.9. The molecule has 0 saturated carbocycles. The summed E-state index contributed by atoms with van der Waals surface area (Å²) < 4.78 is 5.74. The van der Waals surface area contributed by atoms with E-state index in [1.54, 1.807) is 12.1 Å². The number of hydrogen-bond acceptors (Lipinski definition) is 5. The van der Waals surface area contributed by atoms with Gasteiger partial charge in [-0.15, -0.1) is 11.3 Å². The summed E-state index contributed by atoms with van der Waals surface area (Å²) in [5.41, 5.74) is 7.52. The van der Waals surface area contributed by atoms with E-state index in [0.717, 1.165) is 16.1 Å². The molecule has 2 heterocycles. The van der Waals surface area contributed by atoms with Gasteiger partial charge in [0, 0.05) is 27.8 Å². The molecule has 1 aliphatic heterocycles. The number of nitrogens with one attached hydrogen (secondary N) is 1. The molecule has 1 aromatic carbocycles. The lowest BCUT2D eigenvalue weighted by atomic mass is 9.92. The van der Waals surface area contributed by atoms with Crippen LogP contribution in [0.2, 0.25) is 5.02 Å². The van der Waals surface area contributed by atoms with Crippen LogP contribution in [0.1, 0.15) is 28.5 Å². The summed E-state index contributed by atoms with van der Waals surface area (Å²) in [5, 5.41) is 3.94. The van der Waals surface area contributed by atoms with Gasteiger partial charge in [-0.1, -0.05) is 24.3 Å². The van der Waals surface area contributed by atoms with Gasteiger partial charge in [0.1, 0.15) is 12.4 Å². The van der Waals surface area contributed by atoms with Gasteiger partial charge in [0.05, 0.1) is 12.2 Å². The van der Waals surface area contributed by atoms with Crippen molar-refractivity contribution < 1.29 is 9.53 Å². The van der Waals surface area contributed by atoms with Gasteiger partial charge < -0.3 is 15.8 Å². The van der Waals surface area contributed by atoms with Gasteiger partial charge in [0.15, 0.2) is 5.13 Å². The first-order chi connectivity index (χ1) is 11.1. The third-order valence-electron chi connectivity index (χ3n) is 3.61. The number of rotatable bonds is 4. The van der Waals surface area contributed by atoms with E-state index in [9.17, 15) is 4.79 Å². The molecule has 1 aliphatic rings. The molecule has 2 aromatic rings.